The maximum atomic E-state index is 11.5. The molecule has 1 aromatic carbocycles. The molecule has 0 radical (unpaired) electrons. The van der Waals surface area contributed by atoms with Gasteiger partial charge in [-0.1, -0.05) is 18.2 Å². The molecule has 100 valence electrons. The lowest BCUT2D eigenvalue weighted by Crippen LogP contribution is -2.26. The summed E-state index contributed by atoms with van der Waals surface area (Å²) in [6, 6.07) is 8.35. The molecule has 0 saturated heterocycles. The highest BCUT2D eigenvalue weighted by Gasteiger charge is 2.28. The highest BCUT2D eigenvalue weighted by Crippen LogP contribution is 2.31. The molecule has 1 saturated carbocycles. The lowest BCUT2D eigenvalue weighted by atomic mass is 10.2. The molecule has 2 aromatic rings. The molecule has 19 heavy (non-hydrogen) atoms. The molecular formula is C15H18N2OS. The third-order valence-electron chi connectivity index (χ3n) is 3.43. The molecule has 0 atom stereocenters. The number of amides is 1. The van der Waals surface area contributed by atoms with Gasteiger partial charge >= 0.3 is 0 Å². The van der Waals surface area contributed by atoms with E-state index in [1.165, 1.54) is 21.5 Å². The first-order valence-electron chi connectivity index (χ1n) is 6.73. The first-order chi connectivity index (χ1) is 9.25. The van der Waals surface area contributed by atoms with Gasteiger partial charge in [0.1, 0.15) is 0 Å². The van der Waals surface area contributed by atoms with Crippen molar-refractivity contribution in [3.63, 3.8) is 0 Å². The number of thioether (sulfide) groups is 1. The highest BCUT2D eigenvalue weighted by molar-refractivity contribution is 7.99. The van der Waals surface area contributed by atoms with Crippen molar-refractivity contribution in [1.82, 2.24) is 10.3 Å². The van der Waals surface area contributed by atoms with Crippen LogP contribution in [-0.2, 0) is 4.79 Å². The molecule has 1 amide bonds. The molecule has 1 heterocycles. The number of carbonyl (C=O) groups is 1. The van der Waals surface area contributed by atoms with E-state index in [2.05, 4.69) is 35.4 Å². The van der Waals surface area contributed by atoms with Crippen LogP contribution in [0.1, 0.15) is 18.5 Å². The van der Waals surface area contributed by atoms with Gasteiger partial charge in [-0.15, -0.1) is 11.8 Å². The van der Waals surface area contributed by atoms with E-state index >= 15 is 0 Å². The van der Waals surface area contributed by atoms with Crippen molar-refractivity contribution >= 4 is 28.6 Å². The van der Waals surface area contributed by atoms with E-state index in [-0.39, 0.29) is 5.91 Å². The minimum atomic E-state index is 0.233. The Labute approximate surface area is 117 Å². The molecule has 3 rings (SSSR count). The summed E-state index contributed by atoms with van der Waals surface area (Å²) < 4.78 is 0. The number of hydrogen-bond donors (Lipinski definition) is 2. The summed E-state index contributed by atoms with van der Waals surface area (Å²) in [6.07, 6.45) is 2.14. The number of para-hydroxylation sites is 1. The molecule has 1 aliphatic carbocycles. The topological polar surface area (TPSA) is 44.9 Å². The van der Waals surface area contributed by atoms with Crippen LogP contribution in [-0.4, -0.2) is 23.2 Å². The third kappa shape index (κ3) is 2.78. The smallest absolute Gasteiger partial charge is 0.223 e. The number of benzene rings is 1. The zero-order valence-corrected chi connectivity index (χ0v) is 11.8. The average molecular weight is 274 g/mol. The normalized spacial score (nSPS) is 14.8. The van der Waals surface area contributed by atoms with Crippen molar-refractivity contribution in [1.29, 1.82) is 0 Å². The Hall–Kier alpha value is -1.42. The zero-order valence-electron chi connectivity index (χ0n) is 11.0. The minimum Gasteiger partial charge on any atom is -0.358 e. The standard InChI is InChI=1S/C15H18N2OS/c1-10-14(12-4-2-3-5-13(12)17-10)19-9-8-16-15(18)11-6-7-11/h2-5,11,17H,6-9H2,1H3,(H,16,18). The fourth-order valence-corrected chi connectivity index (χ4v) is 3.26. The van der Waals surface area contributed by atoms with Gasteiger partial charge in [0.15, 0.2) is 0 Å². The zero-order chi connectivity index (χ0) is 13.2. The SMILES string of the molecule is Cc1[nH]c2ccccc2c1SCCNC(=O)C1CC1. The van der Waals surface area contributed by atoms with Gasteiger partial charge in [-0.3, -0.25) is 4.79 Å². The van der Waals surface area contributed by atoms with Crippen LogP contribution in [0.4, 0.5) is 0 Å². The summed E-state index contributed by atoms with van der Waals surface area (Å²) >= 11 is 1.81. The molecular weight excluding hydrogens is 256 g/mol. The molecule has 1 aliphatic rings. The van der Waals surface area contributed by atoms with Gasteiger partial charge in [-0.05, 0) is 25.8 Å². The Kier molecular flexibility index (Phi) is 3.51. The van der Waals surface area contributed by atoms with Gasteiger partial charge in [0, 0.05) is 39.7 Å². The molecule has 1 aromatic heterocycles. The monoisotopic (exact) mass is 274 g/mol. The van der Waals surface area contributed by atoms with Crippen molar-refractivity contribution in [3.05, 3.63) is 30.0 Å². The number of aromatic nitrogens is 1. The van der Waals surface area contributed by atoms with Crippen LogP contribution in [0.3, 0.4) is 0 Å². The second-order valence-electron chi connectivity index (χ2n) is 5.04. The fraction of sp³-hybridized carbons (Fsp3) is 0.400. The first kappa shape index (κ1) is 12.6. The van der Waals surface area contributed by atoms with Crippen LogP contribution in [0, 0.1) is 12.8 Å². The van der Waals surface area contributed by atoms with Gasteiger partial charge in [0.05, 0.1) is 0 Å². The van der Waals surface area contributed by atoms with Crippen molar-refractivity contribution in [2.75, 3.05) is 12.3 Å². The number of H-pyrrole nitrogens is 1. The Bertz CT molecular complexity index is 601. The van der Waals surface area contributed by atoms with E-state index in [4.69, 9.17) is 0 Å². The molecule has 0 spiro atoms. The molecule has 1 fully saturated rings. The van der Waals surface area contributed by atoms with E-state index < -0.39 is 0 Å². The third-order valence-corrected chi connectivity index (χ3v) is 4.65. The van der Waals surface area contributed by atoms with Gasteiger partial charge in [0.2, 0.25) is 5.91 Å². The maximum Gasteiger partial charge on any atom is 0.223 e. The van der Waals surface area contributed by atoms with Crippen molar-refractivity contribution in [3.8, 4) is 0 Å². The van der Waals surface area contributed by atoms with E-state index in [0.717, 1.165) is 25.1 Å². The number of hydrogen-bond acceptors (Lipinski definition) is 2. The van der Waals surface area contributed by atoms with Gasteiger partial charge in [0.25, 0.3) is 0 Å². The van der Waals surface area contributed by atoms with Crippen LogP contribution >= 0.6 is 11.8 Å². The predicted molar refractivity (Wildman–Crippen MR) is 79.5 cm³/mol. The number of nitrogens with one attached hydrogen (secondary N) is 2. The minimum absolute atomic E-state index is 0.233. The quantitative estimate of drug-likeness (QED) is 0.650. The van der Waals surface area contributed by atoms with E-state index in [1.807, 2.05) is 17.8 Å². The summed E-state index contributed by atoms with van der Waals surface area (Å²) in [5, 5.41) is 4.28. The molecule has 3 nitrogen and oxygen atoms in total. The molecule has 0 aliphatic heterocycles. The Balaban J connectivity index is 1.58. The predicted octanol–water partition coefficient (Wildman–Crippen LogP) is 3.09. The second-order valence-corrected chi connectivity index (χ2v) is 6.14. The van der Waals surface area contributed by atoms with Crippen LogP contribution in [0.2, 0.25) is 0 Å². The van der Waals surface area contributed by atoms with Crippen LogP contribution < -0.4 is 5.32 Å². The van der Waals surface area contributed by atoms with Crippen molar-refractivity contribution in [2.45, 2.75) is 24.7 Å². The number of rotatable bonds is 5. The Morgan fingerprint density at radius 1 is 1.42 bits per heavy atom. The second kappa shape index (κ2) is 5.29. The molecule has 2 N–H and O–H groups in total. The lowest BCUT2D eigenvalue weighted by Gasteiger charge is -2.04. The summed E-state index contributed by atoms with van der Waals surface area (Å²) in [4.78, 5) is 16.2. The molecule has 4 heteroatoms. The number of fused-ring (bicyclic) bond motifs is 1. The van der Waals surface area contributed by atoms with Gasteiger partial charge < -0.3 is 10.3 Å². The van der Waals surface area contributed by atoms with E-state index in [1.54, 1.807) is 0 Å². The molecule has 0 unspecified atom stereocenters. The number of aryl methyl sites for hydroxylation is 1. The van der Waals surface area contributed by atoms with Crippen LogP contribution in [0.15, 0.2) is 29.2 Å². The summed E-state index contributed by atoms with van der Waals surface area (Å²) in [6.45, 7) is 2.85. The van der Waals surface area contributed by atoms with Crippen molar-refractivity contribution < 1.29 is 4.79 Å². The highest BCUT2D eigenvalue weighted by atomic mass is 32.2. The van der Waals surface area contributed by atoms with Gasteiger partial charge in [-0.2, -0.15) is 0 Å². The van der Waals surface area contributed by atoms with Crippen LogP contribution in [0.5, 0.6) is 0 Å². The number of carbonyl (C=O) groups excluding carboxylic acids is 1. The Morgan fingerprint density at radius 3 is 3.00 bits per heavy atom. The largest absolute Gasteiger partial charge is 0.358 e. The summed E-state index contributed by atoms with van der Waals surface area (Å²) in [5.41, 5.74) is 2.39. The van der Waals surface area contributed by atoms with Crippen LogP contribution in [0.25, 0.3) is 10.9 Å². The first-order valence-corrected chi connectivity index (χ1v) is 7.72. The number of aromatic amines is 1. The maximum absolute atomic E-state index is 11.5. The Morgan fingerprint density at radius 2 is 2.21 bits per heavy atom. The lowest BCUT2D eigenvalue weighted by molar-refractivity contribution is -0.122. The average Bonchev–Trinajstić information content (AvgIpc) is 3.20. The van der Waals surface area contributed by atoms with Gasteiger partial charge in [-0.25, -0.2) is 0 Å². The summed E-state index contributed by atoms with van der Waals surface area (Å²) in [5.74, 6) is 1.46. The van der Waals surface area contributed by atoms with E-state index in [9.17, 15) is 4.79 Å². The van der Waals surface area contributed by atoms with Crippen molar-refractivity contribution in [2.24, 2.45) is 5.92 Å². The van der Waals surface area contributed by atoms with E-state index in [0.29, 0.717) is 5.92 Å². The fourth-order valence-electron chi connectivity index (χ4n) is 2.25. The summed E-state index contributed by atoms with van der Waals surface area (Å²) in [7, 11) is 0. The molecule has 0 bridgehead atoms.